The summed E-state index contributed by atoms with van der Waals surface area (Å²) in [5.74, 6) is 3.62. The van der Waals surface area contributed by atoms with Crippen LogP contribution < -0.4 is 4.74 Å². The third-order valence-corrected chi connectivity index (χ3v) is 10.8. The van der Waals surface area contributed by atoms with Crippen molar-refractivity contribution in [3.8, 4) is 11.8 Å². The Morgan fingerprint density at radius 1 is 1.07 bits per heavy atom. The van der Waals surface area contributed by atoms with Gasteiger partial charge in [0.25, 0.3) is 0 Å². The molecule has 1 heterocycles. The van der Waals surface area contributed by atoms with Crippen LogP contribution in [0.15, 0.2) is 71.1 Å². The van der Waals surface area contributed by atoms with Gasteiger partial charge in [-0.1, -0.05) is 88.7 Å². The summed E-state index contributed by atoms with van der Waals surface area (Å²) in [6, 6.07) is 12.8. The van der Waals surface area contributed by atoms with E-state index in [0.29, 0.717) is 12.0 Å². The van der Waals surface area contributed by atoms with Gasteiger partial charge in [0.05, 0.1) is 18.8 Å². The highest BCUT2D eigenvalue weighted by molar-refractivity contribution is 5.97. The largest absolute Gasteiger partial charge is 0.497 e. The maximum Gasteiger partial charge on any atom is 0.159 e. The lowest BCUT2D eigenvalue weighted by Crippen LogP contribution is -2.17. The zero-order chi connectivity index (χ0) is 32.9. The lowest BCUT2D eigenvalue weighted by atomic mass is 9.76. The van der Waals surface area contributed by atoms with E-state index in [1.54, 1.807) is 7.11 Å². The van der Waals surface area contributed by atoms with Crippen molar-refractivity contribution in [3.05, 3.63) is 87.8 Å². The molecular formula is C42H56N2O2. The number of carbonyl (C=O) groups excluding carboxylic acids is 1. The van der Waals surface area contributed by atoms with Gasteiger partial charge < -0.3 is 4.74 Å². The zero-order valence-corrected chi connectivity index (χ0v) is 29.1. The number of hydrogen-bond donors (Lipinski definition) is 0. The van der Waals surface area contributed by atoms with Crippen molar-refractivity contribution >= 4 is 11.9 Å². The molecule has 0 bridgehead atoms. The molecule has 2 aliphatic carbocycles. The number of Topliss-reactive ketones (excluding diaryl/α,β-unsaturated/α-hetero) is 1. The molecule has 1 fully saturated rings. The first-order valence-corrected chi connectivity index (χ1v) is 17.9. The van der Waals surface area contributed by atoms with Gasteiger partial charge in [-0.15, -0.1) is 0 Å². The number of unbranched alkanes of at least 4 members (excludes halogenated alkanes) is 2. The number of carbonyl (C=O) groups is 1. The maximum absolute atomic E-state index is 13.0. The minimum atomic E-state index is 0.223. The summed E-state index contributed by atoms with van der Waals surface area (Å²) in [5, 5.41) is 9.40. The van der Waals surface area contributed by atoms with Crippen LogP contribution in [0.4, 0.5) is 0 Å². The van der Waals surface area contributed by atoms with Crippen LogP contribution in [-0.4, -0.2) is 17.9 Å². The predicted molar refractivity (Wildman–Crippen MR) is 190 cm³/mol. The van der Waals surface area contributed by atoms with E-state index in [2.05, 4.69) is 68.2 Å². The second kappa shape index (κ2) is 18.0. The Labute approximate surface area is 279 Å². The minimum absolute atomic E-state index is 0.223. The minimum Gasteiger partial charge on any atom is -0.497 e. The monoisotopic (exact) mass is 620 g/mol. The summed E-state index contributed by atoms with van der Waals surface area (Å²) >= 11 is 0. The number of nitriles is 1. The molecule has 0 N–H and O–H groups in total. The maximum atomic E-state index is 13.0. The molecule has 1 aromatic carbocycles. The molecule has 4 rings (SSSR count). The van der Waals surface area contributed by atoms with Crippen molar-refractivity contribution in [1.82, 2.24) is 4.98 Å². The number of rotatable bonds is 14. The Hall–Kier alpha value is -3.45. The fourth-order valence-electron chi connectivity index (χ4n) is 7.76. The van der Waals surface area contributed by atoms with Gasteiger partial charge in [0.2, 0.25) is 0 Å². The van der Waals surface area contributed by atoms with Crippen molar-refractivity contribution < 1.29 is 9.53 Å². The normalized spacial score (nSPS) is 21.5. The van der Waals surface area contributed by atoms with Gasteiger partial charge in [-0.2, -0.15) is 5.26 Å². The number of pyridine rings is 1. The number of benzene rings is 1. The number of ether oxygens (including phenoxy) is 1. The number of aromatic nitrogens is 1. The molecule has 0 amide bonds. The summed E-state index contributed by atoms with van der Waals surface area (Å²) in [7, 11) is 1.72. The molecule has 1 aromatic heterocycles. The van der Waals surface area contributed by atoms with Gasteiger partial charge in [-0.3, -0.25) is 9.78 Å². The first-order valence-electron chi connectivity index (χ1n) is 17.9. The van der Waals surface area contributed by atoms with Crippen molar-refractivity contribution in [3.63, 3.8) is 0 Å². The Morgan fingerprint density at radius 3 is 2.59 bits per heavy atom. The summed E-state index contributed by atoms with van der Waals surface area (Å²) in [5.41, 5.74) is 7.86. The molecule has 4 nitrogen and oxygen atoms in total. The van der Waals surface area contributed by atoms with Crippen LogP contribution in [0, 0.1) is 41.9 Å². The SMILES string of the molecule is COc1ccc(/C=C(\Cc2cnccc2C)CC2CCCCC([C@H](C)CCCCCC(=O)C3=C(C)C(C#N)=CCC3C)CC2)cc1. The van der Waals surface area contributed by atoms with E-state index < -0.39 is 0 Å². The van der Waals surface area contributed by atoms with Crippen LogP contribution in [-0.2, 0) is 11.2 Å². The average Bonchev–Trinajstić information content (AvgIpc) is 3.03. The molecule has 2 aliphatic rings. The zero-order valence-electron chi connectivity index (χ0n) is 29.1. The van der Waals surface area contributed by atoms with Gasteiger partial charge in [0, 0.05) is 24.4 Å². The number of nitrogens with zero attached hydrogens (tertiary/aromatic N) is 2. The lowest BCUT2D eigenvalue weighted by molar-refractivity contribution is -0.116. The molecule has 2 aromatic rings. The molecular weight excluding hydrogens is 564 g/mol. The highest BCUT2D eigenvalue weighted by Crippen LogP contribution is 2.36. The molecule has 4 atom stereocenters. The van der Waals surface area contributed by atoms with Crippen LogP contribution >= 0.6 is 0 Å². The average molecular weight is 621 g/mol. The van der Waals surface area contributed by atoms with Gasteiger partial charge in [0.1, 0.15) is 5.75 Å². The topological polar surface area (TPSA) is 63.0 Å². The highest BCUT2D eigenvalue weighted by atomic mass is 16.5. The molecule has 4 heteroatoms. The Balaban J connectivity index is 1.28. The van der Waals surface area contributed by atoms with E-state index in [1.807, 2.05) is 25.4 Å². The fraction of sp³-hybridized carbons (Fsp3) is 0.548. The summed E-state index contributed by atoms with van der Waals surface area (Å²) in [6.45, 7) is 8.72. The van der Waals surface area contributed by atoms with E-state index in [0.717, 1.165) is 66.8 Å². The van der Waals surface area contributed by atoms with Crippen LogP contribution in [0.3, 0.4) is 0 Å². The number of aryl methyl sites for hydroxylation is 1. The number of methoxy groups -OCH3 is 1. The van der Waals surface area contributed by atoms with Gasteiger partial charge in [0.15, 0.2) is 5.78 Å². The number of ketones is 1. The first-order chi connectivity index (χ1) is 22.3. The second-order valence-corrected chi connectivity index (χ2v) is 14.2. The Morgan fingerprint density at radius 2 is 1.85 bits per heavy atom. The quantitative estimate of drug-likeness (QED) is 0.197. The van der Waals surface area contributed by atoms with Crippen molar-refractivity contribution in [2.24, 2.45) is 23.7 Å². The molecule has 0 radical (unpaired) electrons. The summed E-state index contributed by atoms with van der Waals surface area (Å²) in [6.07, 6.45) is 24.3. The van der Waals surface area contributed by atoms with Crippen LogP contribution in [0.25, 0.3) is 6.08 Å². The van der Waals surface area contributed by atoms with Gasteiger partial charge in [-0.25, -0.2) is 0 Å². The Bertz CT molecular complexity index is 1420. The van der Waals surface area contributed by atoms with Crippen molar-refractivity contribution in [2.45, 2.75) is 118 Å². The molecule has 1 saturated carbocycles. The molecule has 46 heavy (non-hydrogen) atoms. The predicted octanol–water partition coefficient (Wildman–Crippen LogP) is 11.0. The van der Waals surface area contributed by atoms with E-state index in [9.17, 15) is 10.1 Å². The van der Waals surface area contributed by atoms with E-state index in [1.165, 1.54) is 73.6 Å². The molecule has 0 spiro atoms. The Kier molecular flexibility index (Phi) is 13.9. The van der Waals surface area contributed by atoms with Crippen molar-refractivity contribution in [1.29, 1.82) is 5.26 Å². The van der Waals surface area contributed by atoms with Crippen LogP contribution in [0.5, 0.6) is 5.75 Å². The molecule has 246 valence electrons. The third kappa shape index (κ3) is 10.3. The standard InChI is InChI=1S/C42H56N2O2/c1-30(11-7-6-8-14-41(45)42-32(3)15-19-38(28-43)33(42)4)37-13-10-9-12-34(16-20-37)25-36(27-39-29-44-24-23-31(39)2)26-35-17-21-40(46-5)22-18-35/h17-19,21-24,26,29-30,32,34,37H,6-16,20,25,27H2,1-5H3/b36-26-/t30-,32?,34?,37?/m1/s1. The van der Waals surface area contributed by atoms with Crippen molar-refractivity contribution in [2.75, 3.05) is 7.11 Å². The molecule has 3 unspecified atom stereocenters. The highest BCUT2D eigenvalue weighted by Gasteiger charge is 2.25. The fourth-order valence-corrected chi connectivity index (χ4v) is 7.76. The smallest absolute Gasteiger partial charge is 0.159 e. The van der Waals surface area contributed by atoms with Crippen LogP contribution in [0.2, 0.25) is 0 Å². The second-order valence-electron chi connectivity index (χ2n) is 14.2. The number of allylic oxidation sites excluding steroid dienone is 5. The number of hydrogen-bond acceptors (Lipinski definition) is 4. The van der Waals surface area contributed by atoms with Crippen LogP contribution in [0.1, 0.15) is 121 Å². The molecule has 0 aliphatic heterocycles. The molecule has 0 saturated heterocycles. The summed E-state index contributed by atoms with van der Waals surface area (Å²) in [4.78, 5) is 17.5. The van der Waals surface area contributed by atoms with E-state index in [-0.39, 0.29) is 11.7 Å². The van der Waals surface area contributed by atoms with Gasteiger partial charge >= 0.3 is 0 Å². The summed E-state index contributed by atoms with van der Waals surface area (Å²) < 4.78 is 5.39. The van der Waals surface area contributed by atoms with E-state index >= 15 is 0 Å². The lowest BCUT2D eigenvalue weighted by Gasteiger charge is -2.30. The first kappa shape index (κ1) is 35.4. The third-order valence-electron chi connectivity index (χ3n) is 10.8. The van der Waals surface area contributed by atoms with E-state index in [4.69, 9.17) is 4.74 Å². The van der Waals surface area contributed by atoms with Gasteiger partial charge in [-0.05, 0) is 117 Å².